The molecule has 26 heavy (non-hydrogen) atoms. The van der Waals surface area contributed by atoms with E-state index < -0.39 is 0 Å². The van der Waals surface area contributed by atoms with Crippen molar-refractivity contribution in [1.82, 2.24) is 19.8 Å². The fourth-order valence-corrected chi connectivity index (χ4v) is 3.17. The van der Waals surface area contributed by atoms with Crippen LogP contribution in [0.25, 0.3) is 0 Å². The first-order valence-electron chi connectivity index (χ1n) is 9.13. The maximum Gasteiger partial charge on any atom is 0.272 e. The molecule has 0 saturated carbocycles. The summed E-state index contributed by atoms with van der Waals surface area (Å²) in [5.41, 5.74) is 2.68. The number of carbonyl (C=O) groups excluding carboxylic acids is 1. The Kier molecular flexibility index (Phi) is 5.52. The molecule has 0 spiro atoms. The lowest BCUT2D eigenvalue weighted by Crippen LogP contribution is -2.47. The first-order valence-corrected chi connectivity index (χ1v) is 9.13. The third kappa shape index (κ3) is 4.19. The number of amides is 1. The largest absolute Gasteiger partial charge is 0.340 e. The summed E-state index contributed by atoms with van der Waals surface area (Å²) in [5, 5.41) is 3.37. The highest BCUT2D eigenvalue weighted by atomic mass is 16.2. The summed E-state index contributed by atoms with van der Waals surface area (Å²) < 4.78 is 0. The monoisotopic (exact) mass is 353 g/mol. The second-order valence-electron chi connectivity index (χ2n) is 7.15. The maximum atomic E-state index is 12.8. The van der Waals surface area contributed by atoms with E-state index in [0.717, 1.165) is 31.9 Å². The predicted molar refractivity (Wildman–Crippen MR) is 104 cm³/mol. The number of aromatic nitrogens is 2. The van der Waals surface area contributed by atoms with Gasteiger partial charge in [-0.25, -0.2) is 9.97 Å². The summed E-state index contributed by atoms with van der Waals surface area (Å²) in [4.78, 5) is 25.8. The second-order valence-corrected chi connectivity index (χ2v) is 7.15. The van der Waals surface area contributed by atoms with Crippen LogP contribution in [0, 0.1) is 6.92 Å². The Balaban J connectivity index is 1.83. The standard InChI is InChI=1S/C20H27N5O/c1-14(2)16-7-5-6-8-17(16)23-19-13-18(21-15(3)22-19)20(26)25-11-9-24(4)10-12-25/h5-8,13-14H,9-12H2,1-4H3,(H,21,22,23). The van der Waals surface area contributed by atoms with E-state index >= 15 is 0 Å². The molecular weight excluding hydrogens is 326 g/mol. The van der Waals surface area contributed by atoms with Crippen molar-refractivity contribution < 1.29 is 4.79 Å². The molecule has 2 heterocycles. The van der Waals surface area contributed by atoms with Crippen molar-refractivity contribution in [2.24, 2.45) is 0 Å². The number of hydrogen-bond acceptors (Lipinski definition) is 5. The molecule has 1 aromatic heterocycles. The molecule has 1 amide bonds. The summed E-state index contributed by atoms with van der Waals surface area (Å²) in [6.07, 6.45) is 0. The second kappa shape index (κ2) is 7.83. The lowest BCUT2D eigenvalue weighted by molar-refractivity contribution is 0.0658. The summed E-state index contributed by atoms with van der Waals surface area (Å²) in [6, 6.07) is 9.93. The molecule has 1 fully saturated rings. The predicted octanol–water partition coefficient (Wildman–Crippen LogP) is 3.04. The third-order valence-electron chi connectivity index (χ3n) is 4.69. The van der Waals surface area contributed by atoms with E-state index in [-0.39, 0.29) is 5.91 Å². The molecule has 0 unspecified atom stereocenters. The van der Waals surface area contributed by atoms with Gasteiger partial charge < -0.3 is 15.1 Å². The molecule has 138 valence electrons. The number of aryl methyl sites for hydroxylation is 1. The highest BCUT2D eigenvalue weighted by molar-refractivity contribution is 5.93. The molecule has 2 aromatic rings. The summed E-state index contributed by atoms with van der Waals surface area (Å²) in [7, 11) is 2.07. The van der Waals surface area contributed by atoms with Gasteiger partial charge >= 0.3 is 0 Å². The average molecular weight is 353 g/mol. The summed E-state index contributed by atoms with van der Waals surface area (Å²) in [6.45, 7) is 9.39. The first kappa shape index (κ1) is 18.3. The Labute approximate surface area is 155 Å². The smallest absolute Gasteiger partial charge is 0.272 e. The van der Waals surface area contributed by atoms with Crippen molar-refractivity contribution >= 4 is 17.4 Å². The van der Waals surface area contributed by atoms with E-state index in [4.69, 9.17) is 0 Å². The Bertz CT molecular complexity index is 782. The Morgan fingerprint density at radius 2 is 1.81 bits per heavy atom. The zero-order chi connectivity index (χ0) is 18.7. The zero-order valence-corrected chi connectivity index (χ0v) is 16.0. The van der Waals surface area contributed by atoms with Gasteiger partial charge in [-0.2, -0.15) is 0 Å². The number of piperazine rings is 1. The van der Waals surface area contributed by atoms with Crippen molar-refractivity contribution in [3.63, 3.8) is 0 Å². The van der Waals surface area contributed by atoms with Gasteiger partial charge in [-0.05, 0) is 31.5 Å². The van der Waals surface area contributed by atoms with Crippen molar-refractivity contribution in [3.8, 4) is 0 Å². The molecule has 1 N–H and O–H groups in total. The number of carbonyl (C=O) groups is 1. The lowest BCUT2D eigenvalue weighted by Gasteiger charge is -2.32. The molecule has 0 radical (unpaired) electrons. The highest BCUT2D eigenvalue weighted by Crippen LogP contribution is 2.26. The molecule has 3 rings (SSSR count). The van der Waals surface area contributed by atoms with Crippen LogP contribution >= 0.6 is 0 Å². The van der Waals surface area contributed by atoms with Gasteiger partial charge in [0, 0.05) is 37.9 Å². The van der Waals surface area contributed by atoms with E-state index in [0.29, 0.717) is 23.3 Å². The van der Waals surface area contributed by atoms with Crippen LogP contribution < -0.4 is 5.32 Å². The SMILES string of the molecule is Cc1nc(Nc2ccccc2C(C)C)cc(C(=O)N2CCN(C)CC2)n1. The van der Waals surface area contributed by atoms with Gasteiger partial charge in [0.05, 0.1) is 0 Å². The number of anilines is 2. The normalized spacial score (nSPS) is 15.3. The zero-order valence-electron chi connectivity index (χ0n) is 16.0. The molecule has 1 aliphatic rings. The molecule has 0 bridgehead atoms. The number of nitrogens with zero attached hydrogens (tertiary/aromatic N) is 4. The van der Waals surface area contributed by atoms with E-state index in [1.54, 1.807) is 6.07 Å². The van der Waals surface area contributed by atoms with E-state index in [2.05, 4.69) is 47.1 Å². The summed E-state index contributed by atoms with van der Waals surface area (Å²) >= 11 is 0. The number of rotatable bonds is 4. The van der Waals surface area contributed by atoms with Gasteiger partial charge in [-0.1, -0.05) is 32.0 Å². The number of hydrogen-bond donors (Lipinski definition) is 1. The van der Waals surface area contributed by atoms with Crippen molar-refractivity contribution in [2.45, 2.75) is 26.7 Å². The number of nitrogens with one attached hydrogen (secondary N) is 1. The van der Waals surface area contributed by atoms with Gasteiger partial charge in [-0.3, -0.25) is 4.79 Å². The van der Waals surface area contributed by atoms with Gasteiger partial charge in [0.1, 0.15) is 17.3 Å². The van der Waals surface area contributed by atoms with E-state index in [1.807, 2.05) is 30.0 Å². The van der Waals surface area contributed by atoms with Gasteiger partial charge in [0.25, 0.3) is 5.91 Å². The van der Waals surface area contributed by atoms with Gasteiger partial charge in [0.15, 0.2) is 0 Å². The topological polar surface area (TPSA) is 61.4 Å². The van der Waals surface area contributed by atoms with E-state index in [9.17, 15) is 4.79 Å². The minimum atomic E-state index is -0.0243. The molecule has 0 aliphatic carbocycles. The van der Waals surface area contributed by atoms with Crippen LogP contribution in [0.4, 0.5) is 11.5 Å². The van der Waals surface area contributed by atoms with Gasteiger partial charge in [-0.15, -0.1) is 0 Å². The lowest BCUT2D eigenvalue weighted by atomic mass is 10.0. The van der Waals surface area contributed by atoms with Gasteiger partial charge in [0.2, 0.25) is 0 Å². The van der Waals surface area contributed by atoms with Crippen molar-refractivity contribution in [3.05, 3.63) is 47.4 Å². The highest BCUT2D eigenvalue weighted by Gasteiger charge is 2.22. The van der Waals surface area contributed by atoms with Crippen molar-refractivity contribution in [2.75, 3.05) is 38.5 Å². The first-order chi connectivity index (χ1) is 12.4. The van der Waals surface area contributed by atoms with E-state index in [1.165, 1.54) is 5.56 Å². The Morgan fingerprint density at radius 3 is 2.50 bits per heavy atom. The number of benzene rings is 1. The molecule has 0 atom stereocenters. The van der Waals surface area contributed by atoms with Crippen LogP contribution in [0.1, 0.15) is 41.6 Å². The molecule has 1 aromatic carbocycles. The quantitative estimate of drug-likeness (QED) is 0.915. The van der Waals surface area contributed by atoms with Crippen LogP contribution in [0.5, 0.6) is 0 Å². The van der Waals surface area contributed by atoms with Crippen LogP contribution in [0.3, 0.4) is 0 Å². The number of likely N-dealkylation sites (N-methyl/N-ethyl adjacent to an activating group) is 1. The average Bonchev–Trinajstić information content (AvgIpc) is 2.61. The third-order valence-corrected chi connectivity index (χ3v) is 4.69. The summed E-state index contributed by atoms with van der Waals surface area (Å²) in [5.74, 6) is 1.62. The molecule has 6 nitrogen and oxygen atoms in total. The molecule has 1 aliphatic heterocycles. The van der Waals surface area contributed by atoms with Crippen LogP contribution in [0.15, 0.2) is 30.3 Å². The minimum absolute atomic E-state index is 0.0243. The molecular formula is C20H27N5O. The Hall–Kier alpha value is -2.47. The fourth-order valence-electron chi connectivity index (χ4n) is 3.17. The van der Waals surface area contributed by atoms with Crippen LogP contribution in [0.2, 0.25) is 0 Å². The minimum Gasteiger partial charge on any atom is -0.340 e. The van der Waals surface area contributed by atoms with Crippen LogP contribution in [-0.4, -0.2) is 58.9 Å². The maximum absolute atomic E-state index is 12.8. The molecule has 1 saturated heterocycles. The molecule has 6 heteroatoms. The number of para-hydroxylation sites is 1. The fraction of sp³-hybridized carbons (Fsp3) is 0.450. The van der Waals surface area contributed by atoms with Crippen LogP contribution in [-0.2, 0) is 0 Å². The van der Waals surface area contributed by atoms with Crippen molar-refractivity contribution in [1.29, 1.82) is 0 Å². The Morgan fingerprint density at radius 1 is 1.12 bits per heavy atom.